The van der Waals surface area contributed by atoms with Crippen molar-refractivity contribution in [2.45, 2.75) is 39.0 Å². The second-order valence-electron chi connectivity index (χ2n) is 6.62. The quantitative estimate of drug-likeness (QED) is 0.904. The number of hydrogen-bond acceptors (Lipinski definition) is 6. The summed E-state index contributed by atoms with van der Waals surface area (Å²) in [5, 5.41) is 4.01. The fourth-order valence-corrected chi connectivity index (χ4v) is 2.96. The first-order valence-corrected chi connectivity index (χ1v) is 8.36. The molecule has 0 atom stereocenters. The van der Waals surface area contributed by atoms with Crippen LogP contribution in [0.2, 0.25) is 0 Å². The molecule has 24 heavy (non-hydrogen) atoms. The molecule has 3 rings (SSSR count). The van der Waals surface area contributed by atoms with E-state index in [-0.39, 0.29) is 11.8 Å². The van der Waals surface area contributed by atoms with E-state index < -0.39 is 0 Å². The van der Waals surface area contributed by atoms with Crippen LogP contribution in [-0.2, 0) is 4.79 Å². The minimum atomic E-state index is -0.217. The van der Waals surface area contributed by atoms with E-state index in [1.54, 1.807) is 6.20 Å². The predicted molar refractivity (Wildman–Crippen MR) is 90.4 cm³/mol. The van der Waals surface area contributed by atoms with Crippen molar-refractivity contribution in [1.29, 1.82) is 0 Å². The highest BCUT2D eigenvalue weighted by atomic mass is 16.5. The lowest BCUT2D eigenvalue weighted by Gasteiger charge is -2.32. The number of rotatable bonds is 5. The van der Waals surface area contributed by atoms with E-state index in [1.807, 2.05) is 26.0 Å². The Morgan fingerprint density at radius 1 is 1.42 bits per heavy atom. The molecule has 0 bridgehead atoms. The lowest BCUT2D eigenvalue weighted by Crippen LogP contribution is -2.35. The molecule has 1 amide bonds. The summed E-state index contributed by atoms with van der Waals surface area (Å²) in [4.78, 5) is 22.2. The number of carbonyl (C=O) groups excluding carboxylic acids is 1. The first-order valence-electron chi connectivity index (χ1n) is 8.36. The summed E-state index contributed by atoms with van der Waals surface area (Å²) in [6.45, 7) is 5.80. The second-order valence-corrected chi connectivity index (χ2v) is 6.62. The highest BCUT2D eigenvalue weighted by Crippen LogP contribution is 2.27. The summed E-state index contributed by atoms with van der Waals surface area (Å²) in [7, 11) is 0. The summed E-state index contributed by atoms with van der Waals surface area (Å²) in [5.74, 6) is 2.52. The average molecular weight is 329 g/mol. The van der Waals surface area contributed by atoms with Crippen molar-refractivity contribution in [2.75, 3.05) is 18.0 Å². The molecule has 0 aliphatic carbocycles. The van der Waals surface area contributed by atoms with E-state index in [1.165, 1.54) is 0 Å². The van der Waals surface area contributed by atoms with E-state index in [0.717, 1.165) is 37.3 Å². The highest BCUT2D eigenvalue weighted by Gasteiger charge is 2.22. The molecule has 0 radical (unpaired) electrons. The third-order valence-corrected chi connectivity index (χ3v) is 4.38. The van der Waals surface area contributed by atoms with Gasteiger partial charge >= 0.3 is 0 Å². The summed E-state index contributed by atoms with van der Waals surface area (Å²) < 4.78 is 5.36. The van der Waals surface area contributed by atoms with Gasteiger partial charge in [0.2, 0.25) is 5.91 Å². The van der Waals surface area contributed by atoms with Gasteiger partial charge in [0.05, 0.1) is 0 Å². The van der Waals surface area contributed by atoms with Crippen molar-refractivity contribution < 1.29 is 9.32 Å². The summed E-state index contributed by atoms with van der Waals surface area (Å²) in [6.07, 6.45) is 4.14. The van der Waals surface area contributed by atoms with E-state index in [2.05, 4.69) is 20.0 Å². The van der Waals surface area contributed by atoms with E-state index in [0.29, 0.717) is 24.1 Å². The largest absolute Gasteiger partial charge is 0.370 e. The summed E-state index contributed by atoms with van der Waals surface area (Å²) in [6, 6.07) is 3.85. The second kappa shape index (κ2) is 6.98. The number of nitrogens with two attached hydrogens (primary N) is 1. The molecular weight excluding hydrogens is 306 g/mol. The number of carbonyl (C=O) groups is 1. The Bertz CT molecular complexity index is 705. The van der Waals surface area contributed by atoms with Gasteiger partial charge in [0, 0.05) is 37.2 Å². The van der Waals surface area contributed by atoms with Crippen LogP contribution in [0.5, 0.6) is 0 Å². The van der Waals surface area contributed by atoms with Gasteiger partial charge in [-0.2, -0.15) is 4.98 Å². The molecule has 0 unspecified atom stereocenters. The Morgan fingerprint density at radius 3 is 2.79 bits per heavy atom. The molecule has 3 heterocycles. The van der Waals surface area contributed by atoms with Crippen molar-refractivity contribution in [2.24, 2.45) is 11.7 Å². The molecule has 2 aromatic rings. The third kappa shape index (κ3) is 3.72. The van der Waals surface area contributed by atoms with Gasteiger partial charge in [-0.1, -0.05) is 19.0 Å². The summed E-state index contributed by atoms with van der Waals surface area (Å²) in [5.41, 5.74) is 6.16. The van der Waals surface area contributed by atoms with Gasteiger partial charge in [-0.05, 0) is 30.9 Å². The van der Waals surface area contributed by atoms with Crippen molar-refractivity contribution in [3.63, 3.8) is 0 Å². The molecule has 128 valence electrons. The maximum Gasteiger partial charge on any atom is 0.258 e. The van der Waals surface area contributed by atoms with Crippen molar-refractivity contribution in [3.8, 4) is 11.5 Å². The van der Waals surface area contributed by atoms with Crippen molar-refractivity contribution in [3.05, 3.63) is 24.2 Å². The van der Waals surface area contributed by atoms with Crippen LogP contribution in [0.1, 0.15) is 44.9 Å². The van der Waals surface area contributed by atoms with Crippen LogP contribution in [0, 0.1) is 5.92 Å². The molecule has 0 aromatic carbocycles. The SMILES string of the molecule is CC(C)c1noc(-c2ccnc(N3CCC(CC(N)=O)CC3)c2)n1. The molecule has 0 spiro atoms. The van der Waals surface area contributed by atoms with Crippen LogP contribution in [0.25, 0.3) is 11.5 Å². The lowest BCUT2D eigenvalue weighted by atomic mass is 9.93. The van der Waals surface area contributed by atoms with Crippen LogP contribution in [-0.4, -0.2) is 34.1 Å². The predicted octanol–water partition coefficient (Wildman–Crippen LogP) is 2.35. The Labute approximate surface area is 141 Å². The standard InChI is InChI=1S/C17H23N5O2/c1-11(2)16-20-17(24-21-16)13-3-6-19-15(10-13)22-7-4-12(5-8-22)9-14(18)23/h3,6,10-12H,4-5,7-9H2,1-2H3,(H2,18,23). The van der Waals surface area contributed by atoms with E-state index in [4.69, 9.17) is 10.3 Å². The molecule has 1 aliphatic rings. The summed E-state index contributed by atoms with van der Waals surface area (Å²) >= 11 is 0. The smallest absolute Gasteiger partial charge is 0.258 e. The third-order valence-electron chi connectivity index (χ3n) is 4.38. The topological polar surface area (TPSA) is 98.1 Å². The van der Waals surface area contributed by atoms with Crippen LogP contribution in [0.4, 0.5) is 5.82 Å². The highest BCUT2D eigenvalue weighted by molar-refractivity contribution is 5.74. The van der Waals surface area contributed by atoms with Gasteiger partial charge in [0.15, 0.2) is 5.82 Å². The van der Waals surface area contributed by atoms with Crippen molar-refractivity contribution in [1.82, 2.24) is 15.1 Å². The number of hydrogen-bond donors (Lipinski definition) is 1. The zero-order valence-corrected chi connectivity index (χ0v) is 14.1. The van der Waals surface area contributed by atoms with Gasteiger partial charge in [0.25, 0.3) is 5.89 Å². The Balaban J connectivity index is 1.70. The molecule has 2 aromatic heterocycles. The zero-order valence-electron chi connectivity index (χ0n) is 14.1. The maximum atomic E-state index is 11.0. The Kier molecular flexibility index (Phi) is 4.78. The van der Waals surface area contributed by atoms with E-state index >= 15 is 0 Å². The number of piperidine rings is 1. The van der Waals surface area contributed by atoms with Crippen LogP contribution < -0.4 is 10.6 Å². The van der Waals surface area contributed by atoms with Crippen molar-refractivity contribution >= 4 is 11.7 Å². The van der Waals surface area contributed by atoms with Gasteiger partial charge in [-0.3, -0.25) is 4.79 Å². The molecule has 2 N–H and O–H groups in total. The van der Waals surface area contributed by atoms with E-state index in [9.17, 15) is 4.79 Å². The average Bonchev–Trinajstić information content (AvgIpc) is 3.05. The molecular formula is C17H23N5O2. The fourth-order valence-electron chi connectivity index (χ4n) is 2.96. The lowest BCUT2D eigenvalue weighted by molar-refractivity contribution is -0.119. The monoisotopic (exact) mass is 329 g/mol. The van der Waals surface area contributed by atoms with Crippen LogP contribution >= 0.6 is 0 Å². The minimum absolute atomic E-state index is 0.217. The number of amides is 1. The first-order chi connectivity index (χ1) is 11.5. The zero-order chi connectivity index (χ0) is 17.1. The molecule has 1 fully saturated rings. The Morgan fingerprint density at radius 2 is 2.17 bits per heavy atom. The first kappa shape index (κ1) is 16.4. The number of nitrogens with zero attached hydrogens (tertiary/aromatic N) is 4. The number of primary amides is 1. The number of anilines is 1. The molecule has 0 saturated carbocycles. The normalized spacial score (nSPS) is 15.9. The molecule has 1 saturated heterocycles. The number of pyridine rings is 1. The molecule has 7 nitrogen and oxygen atoms in total. The van der Waals surface area contributed by atoms with Gasteiger partial charge < -0.3 is 15.2 Å². The van der Waals surface area contributed by atoms with Crippen LogP contribution in [0.3, 0.4) is 0 Å². The maximum absolute atomic E-state index is 11.0. The number of aromatic nitrogens is 3. The minimum Gasteiger partial charge on any atom is -0.370 e. The van der Waals surface area contributed by atoms with Gasteiger partial charge in [-0.15, -0.1) is 0 Å². The molecule has 7 heteroatoms. The fraction of sp³-hybridized carbons (Fsp3) is 0.529. The molecule has 1 aliphatic heterocycles. The van der Waals surface area contributed by atoms with Gasteiger partial charge in [0.1, 0.15) is 5.82 Å². The van der Waals surface area contributed by atoms with Crippen LogP contribution in [0.15, 0.2) is 22.9 Å². The Hall–Kier alpha value is -2.44. The van der Waals surface area contributed by atoms with Gasteiger partial charge in [-0.25, -0.2) is 4.98 Å².